The third-order valence-electron chi connectivity index (χ3n) is 4.79. The minimum Gasteiger partial charge on any atom is -0.472 e. The molecule has 0 spiro atoms. The Labute approximate surface area is 153 Å². The molecule has 2 aromatic rings. The summed E-state index contributed by atoms with van der Waals surface area (Å²) in [5.74, 6) is -2.48. The maximum Gasteiger partial charge on any atom is 0.393 e. The van der Waals surface area contributed by atoms with E-state index in [1.165, 1.54) is 29.8 Å². The van der Waals surface area contributed by atoms with Crippen molar-refractivity contribution in [3.8, 4) is 0 Å². The highest BCUT2D eigenvalue weighted by Gasteiger charge is 2.48. The fourth-order valence-corrected chi connectivity index (χ4v) is 3.40. The molecule has 1 aliphatic rings. The van der Waals surface area contributed by atoms with Crippen LogP contribution in [0.5, 0.6) is 0 Å². The van der Waals surface area contributed by atoms with E-state index in [2.05, 4.69) is 5.32 Å². The van der Waals surface area contributed by atoms with Crippen LogP contribution in [0.4, 0.5) is 13.2 Å². The van der Waals surface area contributed by atoms with Gasteiger partial charge in [-0.15, -0.1) is 0 Å². The molecule has 2 amide bonds. The van der Waals surface area contributed by atoms with Crippen LogP contribution in [0.1, 0.15) is 38.5 Å². The molecule has 2 atom stereocenters. The van der Waals surface area contributed by atoms with Crippen molar-refractivity contribution in [3.63, 3.8) is 0 Å². The summed E-state index contributed by atoms with van der Waals surface area (Å²) in [6, 6.07) is 0.194. The average Bonchev–Trinajstić information content (AvgIpc) is 3.23. The molecule has 0 aliphatic carbocycles. The lowest BCUT2D eigenvalue weighted by atomic mass is 9.90. The predicted molar refractivity (Wildman–Crippen MR) is 88.2 cm³/mol. The number of likely N-dealkylation sites (tertiary alicyclic amines) is 1. The normalized spacial score (nSPS) is 20.6. The average molecular weight is 384 g/mol. The Morgan fingerprint density at radius 2 is 2.00 bits per heavy atom. The van der Waals surface area contributed by atoms with Gasteiger partial charge < -0.3 is 19.1 Å². The van der Waals surface area contributed by atoms with E-state index in [0.717, 1.165) is 0 Å². The Balaban J connectivity index is 1.81. The van der Waals surface area contributed by atoms with Crippen LogP contribution in [-0.4, -0.2) is 42.0 Å². The standard InChI is InChI=1S/C18H19F3N2O4/c1-10-8-27-11(2)15(10)16(24)22-14-7-23(5-3-13(14)18(19,20)21)17(25)12-4-6-26-9-12/h4,6,8-9,13-14H,3,5,7H2,1-2H3,(H,22,24). The van der Waals surface area contributed by atoms with Gasteiger partial charge in [0.1, 0.15) is 12.0 Å². The first-order chi connectivity index (χ1) is 12.7. The molecule has 6 nitrogen and oxygen atoms in total. The van der Waals surface area contributed by atoms with Crippen LogP contribution in [0.2, 0.25) is 0 Å². The van der Waals surface area contributed by atoms with E-state index >= 15 is 0 Å². The van der Waals surface area contributed by atoms with Gasteiger partial charge in [-0.3, -0.25) is 9.59 Å². The van der Waals surface area contributed by atoms with Crippen LogP contribution < -0.4 is 5.32 Å². The number of halogens is 3. The van der Waals surface area contributed by atoms with Gasteiger partial charge in [0.15, 0.2) is 0 Å². The second kappa shape index (κ2) is 7.13. The number of furan rings is 2. The van der Waals surface area contributed by atoms with E-state index in [0.29, 0.717) is 11.3 Å². The predicted octanol–water partition coefficient (Wildman–Crippen LogP) is 3.31. The Bertz CT molecular complexity index is 807. The van der Waals surface area contributed by atoms with Crippen LogP contribution >= 0.6 is 0 Å². The number of rotatable bonds is 3. The van der Waals surface area contributed by atoms with Crippen LogP contribution in [0, 0.1) is 19.8 Å². The van der Waals surface area contributed by atoms with Gasteiger partial charge in [-0.2, -0.15) is 13.2 Å². The lowest BCUT2D eigenvalue weighted by Crippen LogP contribution is -2.57. The van der Waals surface area contributed by atoms with E-state index in [-0.39, 0.29) is 30.6 Å². The summed E-state index contributed by atoms with van der Waals surface area (Å²) in [7, 11) is 0. The summed E-state index contributed by atoms with van der Waals surface area (Å²) in [5, 5.41) is 2.45. The van der Waals surface area contributed by atoms with Crippen molar-refractivity contribution in [2.75, 3.05) is 13.1 Å². The lowest BCUT2D eigenvalue weighted by Gasteiger charge is -2.39. The van der Waals surface area contributed by atoms with Crippen LogP contribution in [-0.2, 0) is 0 Å². The molecule has 2 aromatic heterocycles. The number of hydrogen-bond acceptors (Lipinski definition) is 4. The number of piperidine rings is 1. The van der Waals surface area contributed by atoms with Crippen LogP contribution in [0.25, 0.3) is 0 Å². The van der Waals surface area contributed by atoms with E-state index in [9.17, 15) is 22.8 Å². The molecule has 2 unspecified atom stereocenters. The van der Waals surface area contributed by atoms with Gasteiger partial charge in [-0.05, 0) is 26.3 Å². The molecular weight excluding hydrogens is 365 g/mol. The Morgan fingerprint density at radius 3 is 2.56 bits per heavy atom. The summed E-state index contributed by atoms with van der Waals surface area (Å²) in [6.07, 6.45) is -0.838. The van der Waals surface area contributed by atoms with Crippen molar-refractivity contribution in [2.24, 2.45) is 5.92 Å². The molecule has 0 radical (unpaired) electrons. The summed E-state index contributed by atoms with van der Waals surface area (Å²) < 4.78 is 50.4. The van der Waals surface area contributed by atoms with E-state index < -0.39 is 30.0 Å². The van der Waals surface area contributed by atoms with Gasteiger partial charge in [0.2, 0.25) is 0 Å². The molecular formula is C18H19F3N2O4. The van der Waals surface area contributed by atoms with Gasteiger partial charge in [-0.25, -0.2) is 0 Å². The third kappa shape index (κ3) is 3.86. The van der Waals surface area contributed by atoms with Crippen molar-refractivity contribution < 1.29 is 31.6 Å². The summed E-state index contributed by atoms with van der Waals surface area (Å²) >= 11 is 0. The molecule has 1 aliphatic heterocycles. The molecule has 0 aromatic carbocycles. The van der Waals surface area contributed by atoms with Crippen molar-refractivity contribution >= 4 is 11.8 Å². The van der Waals surface area contributed by atoms with Gasteiger partial charge >= 0.3 is 6.18 Å². The second-order valence-corrected chi connectivity index (χ2v) is 6.63. The number of hydrogen-bond donors (Lipinski definition) is 1. The van der Waals surface area contributed by atoms with E-state index in [1.54, 1.807) is 13.8 Å². The van der Waals surface area contributed by atoms with E-state index in [1.807, 2.05) is 0 Å². The Hall–Kier alpha value is -2.71. The third-order valence-corrected chi connectivity index (χ3v) is 4.79. The maximum atomic E-state index is 13.5. The lowest BCUT2D eigenvalue weighted by molar-refractivity contribution is -0.190. The largest absolute Gasteiger partial charge is 0.472 e. The number of alkyl halides is 3. The Kier molecular flexibility index (Phi) is 5.03. The molecule has 1 saturated heterocycles. The Morgan fingerprint density at radius 1 is 1.26 bits per heavy atom. The molecule has 9 heteroatoms. The number of aryl methyl sites for hydroxylation is 2. The first-order valence-corrected chi connectivity index (χ1v) is 8.42. The first-order valence-electron chi connectivity index (χ1n) is 8.42. The van der Waals surface area contributed by atoms with Crippen molar-refractivity contribution in [2.45, 2.75) is 32.5 Å². The zero-order valence-corrected chi connectivity index (χ0v) is 14.8. The highest BCUT2D eigenvalue weighted by atomic mass is 19.4. The molecule has 1 fully saturated rings. The summed E-state index contributed by atoms with van der Waals surface area (Å²) in [5.41, 5.74) is 1.01. The number of nitrogens with one attached hydrogen (secondary N) is 1. The summed E-state index contributed by atoms with van der Waals surface area (Å²) in [4.78, 5) is 26.3. The van der Waals surface area contributed by atoms with Crippen molar-refractivity contribution in [1.29, 1.82) is 0 Å². The van der Waals surface area contributed by atoms with E-state index in [4.69, 9.17) is 8.83 Å². The topological polar surface area (TPSA) is 75.7 Å². The number of nitrogens with zero attached hydrogens (tertiary/aromatic N) is 1. The van der Waals surface area contributed by atoms with Crippen LogP contribution in [0.3, 0.4) is 0 Å². The second-order valence-electron chi connectivity index (χ2n) is 6.63. The van der Waals surface area contributed by atoms with Crippen molar-refractivity contribution in [3.05, 3.63) is 47.3 Å². The minimum absolute atomic E-state index is 0.0513. The molecule has 27 heavy (non-hydrogen) atoms. The van der Waals surface area contributed by atoms with Crippen LogP contribution in [0.15, 0.2) is 33.7 Å². The highest BCUT2D eigenvalue weighted by Crippen LogP contribution is 2.35. The zero-order chi connectivity index (χ0) is 19.8. The van der Waals surface area contributed by atoms with Gasteiger partial charge in [0.25, 0.3) is 11.8 Å². The quantitative estimate of drug-likeness (QED) is 0.881. The number of carbonyl (C=O) groups excluding carboxylic acids is 2. The summed E-state index contributed by atoms with van der Waals surface area (Å²) in [6.45, 7) is 2.92. The van der Waals surface area contributed by atoms with Gasteiger partial charge in [0, 0.05) is 18.7 Å². The first kappa shape index (κ1) is 19.1. The molecule has 0 saturated carbocycles. The SMILES string of the molecule is Cc1coc(C)c1C(=O)NC1CN(C(=O)c2ccoc2)CCC1C(F)(F)F. The monoisotopic (exact) mass is 384 g/mol. The molecule has 146 valence electrons. The fraction of sp³-hybridized carbons (Fsp3) is 0.444. The highest BCUT2D eigenvalue weighted by molar-refractivity contribution is 5.97. The number of amides is 2. The van der Waals surface area contributed by atoms with Gasteiger partial charge in [0.05, 0.1) is 35.6 Å². The van der Waals surface area contributed by atoms with Gasteiger partial charge in [-0.1, -0.05) is 0 Å². The minimum atomic E-state index is -4.48. The van der Waals surface area contributed by atoms with Crippen molar-refractivity contribution in [1.82, 2.24) is 10.2 Å². The molecule has 1 N–H and O–H groups in total. The smallest absolute Gasteiger partial charge is 0.393 e. The number of carbonyl (C=O) groups is 2. The fourth-order valence-electron chi connectivity index (χ4n) is 3.40. The zero-order valence-electron chi connectivity index (χ0n) is 14.8. The molecule has 3 heterocycles. The molecule has 0 bridgehead atoms. The molecule has 3 rings (SSSR count). The maximum absolute atomic E-state index is 13.5.